The summed E-state index contributed by atoms with van der Waals surface area (Å²) in [6.45, 7) is -1.81. The normalized spacial score (nSPS) is 19.0. The summed E-state index contributed by atoms with van der Waals surface area (Å²) in [5.74, 6) is -0.576. The summed E-state index contributed by atoms with van der Waals surface area (Å²) in [4.78, 5) is 37.4. The topological polar surface area (TPSA) is 87.7 Å². The molecule has 11 heteroatoms. The lowest BCUT2D eigenvalue weighted by Gasteiger charge is -2.23. The Hall–Kier alpha value is -2.43. The van der Waals surface area contributed by atoms with Gasteiger partial charge in [0.1, 0.15) is 18.3 Å². The Morgan fingerprint density at radius 1 is 1.21 bits per heavy atom. The van der Waals surface area contributed by atoms with Crippen molar-refractivity contribution in [2.75, 3.05) is 30.1 Å². The van der Waals surface area contributed by atoms with Gasteiger partial charge in [0.05, 0.1) is 5.88 Å². The second-order valence-corrected chi connectivity index (χ2v) is 7.79. The summed E-state index contributed by atoms with van der Waals surface area (Å²) >= 11 is 1.28. The first-order valence-electron chi connectivity index (χ1n) is 8.98. The number of hydrogen-bond donors (Lipinski definition) is 2. The van der Waals surface area contributed by atoms with Crippen molar-refractivity contribution in [3.05, 3.63) is 24.3 Å². The maximum absolute atomic E-state index is 12.4. The molecule has 1 saturated carbocycles. The predicted octanol–water partition coefficient (Wildman–Crippen LogP) is 1.99. The third-order valence-corrected chi connectivity index (χ3v) is 5.39. The number of carbonyl (C=O) groups excluding carboxylic acids is 3. The molecule has 1 aliphatic heterocycles. The van der Waals surface area contributed by atoms with Crippen LogP contribution < -0.4 is 15.4 Å². The van der Waals surface area contributed by atoms with Gasteiger partial charge in [-0.05, 0) is 25.0 Å². The molecule has 2 N–H and O–H groups in total. The molecule has 2 aliphatic rings. The molecule has 0 aromatic heterocycles. The third kappa shape index (κ3) is 6.28. The maximum Gasteiger partial charge on any atom is 0.405 e. The molecule has 0 radical (unpaired) electrons. The number of amides is 3. The van der Waals surface area contributed by atoms with Crippen LogP contribution in [0.15, 0.2) is 24.3 Å². The van der Waals surface area contributed by atoms with Crippen LogP contribution in [0.3, 0.4) is 0 Å². The van der Waals surface area contributed by atoms with Crippen molar-refractivity contribution in [1.29, 1.82) is 0 Å². The zero-order chi connectivity index (χ0) is 21.0. The van der Waals surface area contributed by atoms with Crippen molar-refractivity contribution in [3.63, 3.8) is 0 Å². The van der Waals surface area contributed by atoms with Crippen molar-refractivity contribution in [2.45, 2.75) is 25.1 Å². The molecule has 7 nitrogen and oxygen atoms in total. The van der Waals surface area contributed by atoms with Crippen LogP contribution in [-0.2, 0) is 14.4 Å². The van der Waals surface area contributed by atoms with Crippen molar-refractivity contribution < 1.29 is 32.3 Å². The van der Waals surface area contributed by atoms with Gasteiger partial charge < -0.3 is 20.3 Å². The van der Waals surface area contributed by atoms with Crippen LogP contribution in [0.4, 0.5) is 18.9 Å². The van der Waals surface area contributed by atoms with Crippen LogP contribution in [0, 0.1) is 5.92 Å². The zero-order valence-electron chi connectivity index (χ0n) is 15.3. The van der Waals surface area contributed by atoms with E-state index < -0.39 is 30.6 Å². The van der Waals surface area contributed by atoms with Gasteiger partial charge in [-0.25, -0.2) is 0 Å². The van der Waals surface area contributed by atoms with Gasteiger partial charge in [0.15, 0.2) is 6.61 Å². The van der Waals surface area contributed by atoms with Crippen LogP contribution >= 0.6 is 11.8 Å². The van der Waals surface area contributed by atoms with E-state index in [1.54, 1.807) is 24.3 Å². The minimum absolute atomic E-state index is 0.0502. The summed E-state index contributed by atoms with van der Waals surface area (Å²) in [6.07, 6.45) is -2.76. The van der Waals surface area contributed by atoms with E-state index in [0.29, 0.717) is 11.4 Å². The fourth-order valence-electron chi connectivity index (χ4n) is 2.69. The number of thioether (sulfide) groups is 1. The number of ether oxygens (including phenoxy) is 1. The zero-order valence-corrected chi connectivity index (χ0v) is 16.1. The van der Waals surface area contributed by atoms with Crippen molar-refractivity contribution >= 4 is 35.2 Å². The van der Waals surface area contributed by atoms with E-state index >= 15 is 0 Å². The van der Waals surface area contributed by atoms with E-state index in [0.717, 1.165) is 12.8 Å². The van der Waals surface area contributed by atoms with Gasteiger partial charge in [0, 0.05) is 23.4 Å². The first-order valence-corrected chi connectivity index (χ1v) is 10.1. The van der Waals surface area contributed by atoms with Crippen LogP contribution in [0.25, 0.3) is 0 Å². The van der Waals surface area contributed by atoms with Crippen molar-refractivity contribution in [2.24, 2.45) is 5.92 Å². The average molecular weight is 431 g/mol. The molecular formula is C18H20F3N3O4S. The average Bonchev–Trinajstić information content (AvgIpc) is 3.41. The Morgan fingerprint density at radius 2 is 1.97 bits per heavy atom. The second-order valence-electron chi connectivity index (χ2n) is 6.79. The summed E-state index contributed by atoms with van der Waals surface area (Å²) in [6, 6.07) is 5.60. The minimum atomic E-state index is -4.51. The number of halogens is 3. The van der Waals surface area contributed by atoms with E-state index in [9.17, 15) is 27.6 Å². The van der Waals surface area contributed by atoms with E-state index in [2.05, 4.69) is 5.32 Å². The van der Waals surface area contributed by atoms with Crippen molar-refractivity contribution in [1.82, 2.24) is 10.2 Å². The summed E-state index contributed by atoms with van der Waals surface area (Å²) in [7, 11) is 0. The third-order valence-electron chi connectivity index (χ3n) is 4.38. The highest BCUT2D eigenvalue weighted by Gasteiger charge is 2.37. The van der Waals surface area contributed by atoms with Gasteiger partial charge in [-0.3, -0.25) is 14.4 Å². The highest BCUT2D eigenvalue weighted by atomic mass is 32.2. The number of nitrogens with zero attached hydrogens (tertiary/aromatic N) is 1. The number of hydrogen-bond acceptors (Lipinski definition) is 5. The van der Waals surface area contributed by atoms with Gasteiger partial charge in [-0.2, -0.15) is 13.2 Å². The van der Waals surface area contributed by atoms with Gasteiger partial charge in [0.25, 0.3) is 5.91 Å². The highest BCUT2D eigenvalue weighted by Crippen LogP contribution is 2.30. The Kier molecular flexibility index (Phi) is 6.56. The summed E-state index contributed by atoms with van der Waals surface area (Å²) in [5, 5.41) is 4.58. The number of nitrogens with one attached hydrogen (secondary N) is 2. The molecule has 158 valence electrons. The molecule has 2 fully saturated rings. The first kappa shape index (κ1) is 21.3. The predicted molar refractivity (Wildman–Crippen MR) is 100 cm³/mol. The van der Waals surface area contributed by atoms with E-state index in [1.165, 1.54) is 16.7 Å². The van der Waals surface area contributed by atoms with E-state index in [-0.39, 0.29) is 30.1 Å². The van der Waals surface area contributed by atoms with Crippen molar-refractivity contribution in [3.8, 4) is 5.75 Å². The molecule has 1 saturated heterocycles. The molecule has 29 heavy (non-hydrogen) atoms. The fourth-order valence-corrected chi connectivity index (χ4v) is 3.87. The Labute approximate surface area is 169 Å². The van der Waals surface area contributed by atoms with Crippen LogP contribution in [0.2, 0.25) is 0 Å². The highest BCUT2D eigenvalue weighted by molar-refractivity contribution is 7.99. The number of rotatable bonds is 7. The molecule has 3 rings (SSSR count). The molecule has 3 amide bonds. The molecular weight excluding hydrogens is 411 g/mol. The molecule has 0 spiro atoms. The van der Waals surface area contributed by atoms with Gasteiger partial charge in [0.2, 0.25) is 11.8 Å². The quantitative estimate of drug-likeness (QED) is 0.690. The molecule has 1 aromatic carbocycles. The first-order chi connectivity index (χ1) is 13.7. The number of carbonyl (C=O) groups is 3. The monoisotopic (exact) mass is 431 g/mol. The van der Waals surface area contributed by atoms with Crippen LogP contribution in [0.1, 0.15) is 12.8 Å². The van der Waals surface area contributed by atoms with E-state index in [1.807, 2.05) is 5.32 Å². The largest absolute Gasteiger partial charge is 0.484 e. The lowest BCUT2D eigenvalue weighted by Crippen LogP contribution is -2.50. The van der Waals surface area contributed by atoms with E-state index in [4.69, 9.17) is 4.74 Å². The molecule has 1 aliphatic carbocycles. The minimum Gasteiger partial charge on any atom is -0.484 e. The van der Waals surface area contributed by atoms with Crippen LogP contribution in [-0.4, -0.2) is 59.6 Å². The lowest BCUT2D eigenvalue weighted by atomic mass is 10.2. The smallest absolute Gasteiger partial charge is 0.405 e. The maximum atomic E-state index is 12.4. The standard InChI is InChI=1S/C18H20F3N3O4S/c19-18(20,21)9-22-17(27)14-8-29-10-24(14)15(25)7-28-13-3-1-2-12(6-13)23-16(26)11-4-5-11/h1-3,6,11,14H,4-5,7-10H2,(H,22,27)(H,23,26)/t14-/m1/s1. The molecule has 1 heterocycles. The number of benzene rings is 1. The molecule has 0 bridgehead atoms. The van der Waals surface area contributed by atoms with Gasteiger partial charge in [-0.15, -0.1) is 11.8 Å². The van der Waals surface area contributed by atoms with Gasteiger partial charge in [-0.1, -0.05) is 6.07 Å². The SMILES string of the molecule is O=C(Nc1cccc(OCC(=O)N2CSC[C@@H]2C(=O)NCC(F)(F)F)c1)C1CC1. The molecule has 1 aromatic rings. The number of anilines is 1. The molecule has 0 unspecified atom stereocenters. The second kappa shape index (κ2) is 8.93. The molecule has 1 atom stereocenters. The lowest BCUT2D eigenvalue weighted by molar-refractivity contribution is -0.145. The Balaban J connectivity index is 1.51. The van der Waals surface area contributed by atoms with Crippen LogP contribution in [0.5, 0.6) is 5.75 Å². The Morgan fingerprint density at radius 3 is 2.66 bits per heavy atom. The summed E-state index contributed by atoms with van der Waals surface area (Å²) in [5.41, 5.74) is 0.549. The fraction of sp³-hybridized carbons (Fsp3) is 0.500. The Bertz CT molecular complexity index is 786. The number of alkyl halides is 3. The van der Waals surface area contributed by atoms with Gasteiger partial charge >= 0.3 is 6.18 Å². The summed E-state index contributed by atoms with van der Waals surface area (Å²) < 4.78 is 42.3.